The Hall–Kier alpha value is -4.10. The number of carbonyl (C=O) groups is 1. The lowest BCUT2D eigenvalue weighted by Gasteiger charge is -2.26. The first-order valence-electron chi connectivity index (χ1n) is 12.8. The molecule has 3 aromatic rings. The maximum Gasteiger partial charge on any atom is 0.290 e. The van der Waals surface area contributed by atoms with E-state index in [-0.39, 0.29) is 6.47 Å². The number of aryl methyl sites for hydroxylation is 1. The number of anilines is 5. The minimum absolute atomic E-state index is 0.250. The van der Waals surface area contributed by atoms with E-state index in [1.54, 1.807) is 25.4 Å². The standard InChI is InChI=1S/C26H34N6O4S.CH2O2/c1-19-8-7-9-23(25(19)31-37(3,33)34)29-24-10-11-27-26(30-24)28-20-16-21(35-2)18-22(17-20)36-15-14-32-12-5-4-6-13-32;2-1-3/h7-11,16-18,31H,4-6,12-15H2,1-3H3,(H2,27,28,29,30);1H,(H,2,3). The van der Waals surface area contributed by atoms with E-state index in [2.05, 4.69) is 30.2 Å². The first kappa shape index (κ1) is 30.4. The molecule has 1 fully saturated rings. The van der Waals surface area contributed by atoms with Crippen LogP contribution in [0.15, 0.2) is 48.7 Å². The van der Waals surface area contributed by atoms with Crippen LogP contribution in [0.25, 0.3) is 0 Å². The molecule has 0 unspecified atom stereocenters. The number of para-hydroxylation sites is 1. The van der Waals surface area contributed by atoms with Crippen LogP contribution in [0.1, 0.15) is 24.8 Å². The molecule has 0 bridgehead atoms. The lowest BCUT2D eigenvalue weighted by molar-refractivity contribution is -0.122. The van der Waals surface area contributed by atoms with E-state index in [1.807, 2.05) is 37.3 Å². The Morgan fingerprint density at radius 2 is 1.80 bits per heavy atom. The fraction of sp³-hybridized carbons (Fsp3) is 0.370. The number of sulfonamides is 1. The second-order valence-electron chi connectivity index (χ2n) is 9.14. The Kier molecular flexibility index (Phi) is 11.3. The van der Waals surface area contributed by atoms with Gasteiger partial charge < -0.3 is 25.2 Å². The van der Waals surface area contributed by atoms with Gasteiger partial charge in [0.2, 0.25) is 16.0 Å². The summed E-state index contributed by atoms with van der Waals surface area (Å²) in [5.74, 6) is 2.22. The Morgan fingerprint density at radius 3 is 2.50 bits per heavy atom. The summed E-state index contributed by atoms with van der Waals surface area (Å²) in [5, 5.41) is 13.3. The molecule has 40 heavy (non-hydrogen) atoms. The number of nitrogens with zero attached hydrogens (tertiary/aromatic N) is 3. The molecular weight excluding hydrogens is 536 g/mol. The van der Waals surface area contributed by atoms with Gasteiger partial charge in [0.05, 0.1) is 24.7 Å². The average molecular weight is 573 g/mol. The van der Waals surface area contributed by atoms with Gasteiger partial charge in [0.25, 0.3) is 6.47 Å². The molecule has 1 aromatic heterocycles. The number of hydrogen-bond acceptors (Lipinski definition) is 10. The predicted octanol–water partition coefficient (Wildman–Crippen LogP) is 4.22. The molecule has 4 N–H and O–H groups in total. The zero-order valence-electron chi connectivity index (χ0n) is 22.9. The van der Waals surface area contributed by atoms with Crippen LogP contribution < -0.4 is 24.8 Å². The van der Waals surface area contributed by atoms with Gasteiger partial charge >= 0.3 is 0 Å². The summed E-state index contributed by atoms with van der Waals surface area (Å²) in [4.78, 5) is 19.7. The second-order valence-corrected chi connectivity index (χ2v) is 10.9. The molecule has 12 nitrogen and oxygen atoms in total. The number of nitrogens with one attached hydrogen (secondary N) is 3. The van der Waals surface area contributed by atoms with E-state index in [9.17, 15) is 8.42 Å². The summed E-state index contributed by atoms with van der Waals surface area (Å²) in [6.45, 7) is 5.34. The van der Waals surface area contributed by atoms with Crippen molar-refractivity contribution in [2.75, 3.05) is 55.0 Å². The Labute approximate surface area is 234 Å². The highest BCUT2D eigenvalue weighted by atomic mass is 32.2. The molecule has 1 aliphatic heterocycles. The van der Waals surface area contributed by atoms with Gasteiger partial charge in [0.15, 0.2) is 0 Å². The minimum atomic E-state index is -3.45. The molecule has 0 saturated carbocycles. The lowest BCUT2D eigenvalue weighted by atomic mass is 10.1. The van der Waals surface area contributed by atoms with Crippen molar-refractivity contribution in [3.05, 3.63) is 54.2 Å². The number of piperidine rings is 1. The van der Waals surface area contributed by atoms with E-state index >= 15 is 0 Å². The molecule has 1 saturated heterocycles. The van der Waals surface area contributed by atoms with E-state index < -0.39 is 10.0 Å². The molecule has 0 atom stereocenters. The van der Waals surface area contributed by atoms with Crippen LogP contribution in [-0.2, 0) is 14.8 Å². The highest BCUT2D eigenvalue weighted by Crippen LogP contribution is 2.30. The molecular formula is C27H36N6O6S. The molecule has 13 heteroatoms. The number of carboxylic acid groups (broad SMARTS) is 1. The predicted molar refractivity (Wildman–Crippen MR) is 156 cm³/mol. The summed E-state index contributed by atoms with van der Waals surface area (Å²) in [5.41, 5.74) is 2.56. The van der Waals surface area contributed by atoms with Gasteiger partial charge in [-0.3, -0.25) is 14.4 Å². The van der Waals surface area contributed by atoms with Gasteiger partial charge in [-0.05, 0) is 50.6 Å². The molecule has 0 radical (unpaired) electrons. The summed E-state index contributed by atoms with van der Waals surface area (Å²) in [6, 6.07) is 12.7. The molecule has 0 aliphatic carbocycles. The van der Waals surface area contributed by atoms with Crippen molar-refractivity contribution in [3.8, 4) is 11.5 Å². The summed E-state index contributed by atoms with van der Waals surface area (Å²) in [6.07, 6.45) is 6.55. The molecule has 216 valence electrons. The number of aromatic nitrogens is 2. The number of hydrogen-bond donors (Lipinski definition) is 4. The average Bonchev–Trinajstić information content (AvgIpc) is 2.91. The first-order chi connectivity index (χ1) is 19.2. The zero-order chi connectivity index (χ0) is 29.0. The number of likely N-dealkylation sites (tertiary alicyclic amines) is 1. The van der Waals surface area contributed by atoms with Gasteiger partial charge in [-0.2, -0.15) is 4.98 Å². The Balaban J connectivity index is 0.00000141. The van der Waals surface area contributed by atoms with Crippen molar-refractivity contribution in [2.45, 2.75) is 26.2 Å². The van der Waals surface area contributed by atoms with Gasteiger partial charge in [0.1, 0.15) is 23.9 Å². The summed E-state index contributed by atoms with van der Waals surface area (Å²) >= 11 is 0. The van der Waals surface area contributed by atoms with E-state index in [4.69, 9.17) is 19.4 Å². The van der Waals surface area contributed by atoms with E-state index in [1.165, 1.54) is 19.3 Å². The molecule has 4 rings (SSSR count). The smallest absolute Gasteiger partial charge is 0.290 e. The fourth-order valence-electron chi connectivity index (χ4n) is 4.17. The summed E-state index contributed by atoms with van der Waals surface area (Å²) < 4.78 is 37.7. The van der Waals surface area contributed by atoms with Crippen LogP contribution in [0.4, 0.5) is 28.8 Å². The maximum absolute atomic E-state index is 11.8. The fourth-order valence-corrected chi connectivity index (χ4v) is 4.81. The van der Waals surface area contributed by atoms with Crippen molar-refractivity contribution in [1.82, 2.24) is 14.9 Å². The van der Waals surface area contributed by atoms with Crippen LogP contribution in [0.3, 0.4) is 0 Å². The van der Waals surface area contributed by atoms with Crippen LogP contribution in [0.2, 0.25) is 0 Å². The van der Waals surface area contributed by atoms with Crippen LogP contribution in [-0.4, -0.2) is 74.5 Å². The number of rotatable bonds is 11. The Morgan fingerprint density at radius 1 is 1.07 bits per heavy atom. The summed E-state index contributed by atoms with van der Waals surface area (Å²) in [7, 11) is -1.84. The van der Waals surface area contributed by atoms with Crippen LogP contribution >= 0.6 is 0 Å². The third-order valence-electron chi connectivity index (χ3n) is 5.98. The molecule has 2 aromatic carbocycles. The van der Waals surface area contributed by atoms with Crippen LogP contribution in [0, 0.1) is 6.92 Å². The maximum atomic E-state index is 11.8. The molecule has 0 spiro atoms. The number of methoxy groups -OCH3 is 1. The van der Waals surface area contributed by atoms with Crippen LogP contribution in [0.5, 0.6) is 11.5 Å². The number of benzene rings is 2. The largest absolute Gasteiger partial charge is 0.497 e. The van der Waals surface area contributed by atoms with Gasteiger partial charge in [-0.25, -0.2) is 13.4 Å². The third kappa shape index (κ3) is 9.89. The number of ether oxygens (including phenoxy) is 2. The van der Waals surface area contributed by atoms with Crippen molar-refractivity contribution in [3.63, 3.8) is 0 Å². The third-order valence-corrected chi connectivity index (χ3v) is 6.55. The molecule has 1 aliphatic rings. The van der Waals surface area contributed by atoms with Crippen molar-refractivity contribution < 1.29 is 27.8 Å². The highest BCUT2D eigenvalue weighted by molar-refractivity contribution is 7.92. The highest BCUT2D eigenvalue weighted by Gasteiger charge is 2.13. The molecule has 0 amide bonds. The second kappa shape index (κ2) is 14.9. The zero-order valence-corrected chi connectivity index (χ0v) is 23.7. The Bertz CT molecular complexity index is 1370. The van der Waals surface area contributed by atoms with E-state index in [0.29, 0.717) is 41.2 Å². The van der Waals surface area contributed by atoms with Gasteiger partial charge in [-0.1, -0.05) is 18.6 Å². The molecule has 2 heterocycles. The van der Waals surface area contributed by atoms with Crippen molar-refractivity contribution >= 4 is 45.3 Å². The monoisotopic (exact) mass is 572 g/mol. The quantitative estimate of drug-likeness (QED) is 0.244. The first-order valence-corrected chi connectivity index (χ1v) is 14.7. The van der Waals surface area contributed by atoms with Crippen molar-refractivity contribution in [2.24, 2.45) is 0 Å². The normalized spacial score (nSPS) is 13.4. The van der Waals surface area contributed by atoms with E-state index in [0.717, 1.165) is 37.1 Å². The van der Waals surface area contributed by atoms with Gasteiger partial charge in [0, 0.05) is 36.6 Å². The van der Waals surface area contributed by atoms with Crippen molar-refractivity contribution in [1.29, 1.82) is 0 Å². The minimum Gasteiger partial charge on any atom is -0.497 e. The lowest BCUT2D eigenvalue weighted by Crippen LogP contribution is -2.33. The topological polar surface area (TPSA) is 155 Å². The SMILES string of the molecule is COc1cc(Nc2nccc(Nc3cccc(C)c3NS(C)(=O)=O)n2)cc(OCCN2CCCCC2)c1.O=CO. The van der Waals surface area contributed by atoms with Gasteiger partial charge in [-0.15, -0.1) is 0 Å².